The fourth-order valence-corrected chi connectivity index (χ4v) is 4.73. The van der Waals surface area contributed by atoms with E-state index in [4.69, 9.17) is 0 Å². The summed E-state index contributed by atoms with van der Waals surface area (Å²) in [7, 11) is 0. The second kappa shape index (κ2) is 5.68. The van der Waals surface area contributed by atoms with Crippen molar-refractivity contribution in [3.8, 4) is 0 Å². The van der Waals surface area contributed by atoms with E-state index >= 15 is 0 Å². The van der Waals surface area contributed by atoms with Gasteiger partial charge in [-0.05, 0) is 37.3 Å². The summed E-state index contributed by atoms with van der Waals surface area (Å²) >= 11 is 6.74. The van der Waals surface area contributed by atoms with Crippen LogP contribution in [0.4, 0.5) is 0 Å². The van der Waals surface area contributed by atoms with Crippen LogP contribution in [0.2, 0.25) is 0 Å². The Balaban J connectivity index is 1.90. The van der Waals surface area contributed by atoms with E-state index in [1.54, 1.807) is 30.0 Å². The van der Waals surface area contributed by atoms with Gasteiger partial charge in [0.1, 0.15) is 0 Å². The van der Waals surface area contributed by atoms with Crippen molar-refractivity contribution in [2.45, 2.75) is 16.2 Å². The highest BCUT2D eigenvalue weighted by Crippen LogP contribution is 2.35. The van der Waals surface area contributed by atoms with Gasteiger partial charge in [-0.2, -0.15) is 0 Å². The number of thiazole rings is 1. The Labute approximate surface area is 133 Å². The summed E-state index contributed by atoms with van der Waals surface area (Å²) in [5, 5.41) is 0. The number of halogens is 1. The lowest BCUT2D eigenvalue weighted by Crippen LogP contribution is -1.93. The highest BCUT2D eigenvalue weighted by molar-refractivity contribution is 9.10. The molecule has 5 heteroatoms. The van der Waals surface area contributed by atoms with Gasteiger partial charge in [-0.3, -0.25) is 4.79 Å². The first-order valence-corrected chi connectivity index (χ1v) is 8.40. The van der Waals surface area contributed by atoms with E-state index in [1.807, 2.05) is 36.4 Å². The zero-order valence-electron chi connectivity index (χ0n) is 10.6. The molecule has 0 radical (unpaired) electrons. The number of para-hydroxylation sites is 1. The maximum Gasteiger partial charge on any atom is 0.160 e. The van der Waals surface area contributed by atoms with Crippen molar-refractivity contribution >= 4 is 55.0 Å². The van der Waals surface area contributed by atoms with Gasteiger partial charge in [0.25, 0.3) is 0 Å². The minimum Gasteiger partial charge on any atom is -0.294 e. The maximum atomic E-state index is 11.4. The van der Waals surface area contributed by atoms with Crippen molar-refractivity contribution < 1.29 is 4.79 Å². The van der Waals surface area contributed by atoms with Crippen LogP contribution in [0.25, 0.3) is 10.2 Å². The molecule has 0 saturated carbocycles. The normalized spacial score (nSPS) is 10.9. The summed E-state index contributed by atoms with van der Waals surface area (Å²) in [6, 6.07) is 13.9. The molecule has 0 aliphatic heterocycles. The molecule has 0 aliphatic rings. The molecule has 0 unspecified atom stereocenters. The Kier molecular flexibility index (Phi) is 3.92. The van der Waals surface area contributed by atoms with Gasteiger partial charge in [-0.25, -0.2) is 4.98 Å². The Hall–Kier alpha value is -1.17. The quantitative estimate of drug-likeness (QED) is 0.582. The molecule has 100 valence electrons. The molecule has 3 aromatic rings. The van der Waals surface area contributed by atoms with Crippen LogP contribution in [0.15, 0.2) is 56.2 Å². The number of benzene rings is 2. The summed E-state index contributed by atoms with van der Waals surface area (Å²) in [5.74, 6) is 0.0633. The number of fused-ring (bicyclic) bond motifs is 1. The monoisotopic (exact) mass is 363 g/mol. The van der Waals surface area contributed by atoms with Crippen molar-refractivity contribution in [2.75, 3.05) is 0 Å². The van der Waals surface area contributed by atoms with E-state index in [0.29, 0.717) is 5.56 Å². The number of carbonyl (C=O) groups excluding carboxylic acids is 1. The Morgan fingerprint density at radius 1 is 1.25 bits per heavy atom. The Bertz CT molecular complexity index is 764. The fourth-order valence-electron chi connectivity index (χ4n) is 1.84. The molecule has 20 heavy (non-hydrogen) atoms. The van der Waals surface area contributed by atoms with Crippen LogP contribution in [0, 0.1) is 0 Å². The average Bonchev–Trinajstić information content (AvgIpc) is 2.80. The second-order valence-electron chi connectivity index (χ2n) is 4.25. The molecule has 3 rings (SSSR count). The second-order valence-corrected chi connectivity index (χ2v) is 7.45. The number of hydrogen-bond donors (Lipinski definition) is 0. The molecular formula is C15H10BrNOS2. The largest absolute Gasteiger partial charge is 0.294 e. The number of aromatic nitrogens is 1. The molecule has 2 nitrogen and oxygen atoms in total. The van der Waals surface area contributed by atoms with Crippen LogP contribution in [0.3, 0.4) is 0 Å². The average molecular weight is 364 g/mol. The van der Waals surface area contributed by atoms with E-state index in [1.165, 1.54) is 4.70 Å². The maximum absolute atomic E-state index is 11.4. The molecule has 0 fully saturated rings. The Morgan fingerprint density at radius 3 is 2.75 bits per heavy atom. The molecule has 0 spiro atoms. The minimum absolute atomic E-state index is 0.0633. The zero-order chi connectivity index (χ0) is 14.1. The molecular weight excluding hydrogens is 354 g/mol. The van der Waals surface area contributed by atoms with Crippen molar-refractivity contribution in [3.05, 3.63) is 52.5 Å². The number of hydrogen-bond acceptors (Lipinski definition) is 4. The van der Waals surface area contributed by atoms with Crippen molar-refractivity contribution in [1.29, 1.82) is 0 Å². The van der Waals surface area contributed by atoms with Crippen LogP contribution in [-0.4, -0.2) is 10.8 Å². The zero-order valence-corrected chi connectivity index (χ0v) is 13.8. The molecule has 2 aromatic carbocycles. The third-order valence-electron chi connectivity index (χ3n) is 2.80. The summed E-state index contributed by atoms with van der Waals surface area (Å²) in [6.07, 6.45) is 0. The highest BCUT2D eigenvalue weighted by atomic mass is 79.9. The van der Waals surface area contributed by atoms with Crippen LogP contribution in [-0.2, 0) is 0 Å². The molecule has 0 atom stereocenters. The molecule has 1 heterocycles. The van der Waals surface area contributed by atoms with Crippen molar-refractivity contribution in [1.82, 2.24) is 4.98 Å². The molecule has 0 amide bonds. The fraction of sp³-hybridized carbons (Fsp3) is 0.0667. The van der Waals surface area contributed by atoms with Gasteiger partial charge < -0.3 is 0 Å². The molecule has 0 saturated heterocycles. The topological polar surface area (TPSA) is 30.0 Å². The molecule has 0 N–H and O–H groups in total. The standard InChI is InChI=1S/C15H10BrNOS2/c1-9(18)11-7-6-10(8-12(11)16)19-15-17-13-4-2-3-5-14(13)20-15/h2-8H,1H3. The third kappa shape index (κ3) is 2.80. The number of Topliss-reactive ketones (excluding diaryl/α,β-unsaturated/α-hetero) is 1. The molecule has 1 aromatic heterocycles. The number of ketones is 1. The Morgan fingerprint density at radius 2 is 2.05 bits per heavy atom. The number of rotatable bonds is 3. The van der Waals surface area contributed by atoms with Crippen molar-refractivity contribution in [3.63, 3.8) is 0 Å². The van der Waals surface area contributed by atoms with E-state index in [9.17, 15) is 4.79 Å². The molecule has 0 aliphatic carbocycles. The smallest absolute Gasteiger partial charge is 0.160 e. The lowest BCUT2D eigenvalue weighted by atomic mass is 10.2. The number of carbonyl (C=O) groups is 1. The van der Waals surface area contributed by atoms with E-state index in [2.05, 4.69) is 27.0 Å². The summed E-state index contributed by atoms with van der Waals surface area (Å²) in [4.78, 5) is 17.1. The van der Waals surface area contributed by atoms with E-state index in [0.717, 1.165) is 19.2 Å². The SMILES string of the molecule is CC(=O)c1ccc(Sc2nc3ccccc3s2)cc1Br. The predicted octanol–water partition coefficient (Wildman–Crippen LogP) is 5.41. The third-order valence-corrected chi connectivity index (χ3v) is 5.54. The van der Waals surface area contributed by atoms with Gasteiger partial charge in [0.2, 0.25) is 0 Å². The first kappa shape index (κ1) is 13.8. The van der Waals surface area contributed by atoms with Gasteiger partial charge in [0.15, 0.2) is 10.1 Å². The van der Waals surface area contributed by atoms with E-state index < -0.39 is 0 Å². The van der Waals surface area contributed by atoms with Crippen LogP contribution < -0.4 is 0 Å². The van der Waals surface area contributed by atoms with Gasteiger partial charge >= 0.3 is 0 Å². The summed E-state index contributed by atoms with van der Waals surface area (Å²) in [6.45, 7) is 1.57. The lowest BCUT2D eigenvalue weighted by Gasteiger charge is -2.03. The first-order chi connectivity index (χ1) is 9.63. The molecule has 0 bridgehead atoms. The van der Waals surface area contributed by atoms with Crippen molar-refractivity contribution in [2.24, 2.45) is 0 Å². The lowest BCUT2D eigenvalue weighted by molar-refractivity contribution is 0.101. The van der Waals surface area contributed by atoms with Crippen LogP contribution >= 0.6 is 39.0 Å². The van der Waals surface area contributed by atoms with Gasteiger partial charge in [0.05, 0.1) is 10.2 Å². The summed E-state index contributed by atoms with van der Waals surface area (Å²) in [5.41, 5.74) is 1.73. The van der Waals surface area contributed by atoms with Gasteiger partial charge in [-0.1, -0.05) is 39.8 Å². The van der Waals surface area contributed by atoms with Gasteiger partial charge in [0, 0.05) is 14.9 Å². The first-order valence-electron chi connectivity index (χ1n) is 5.97. The predicted molar refractivity (Wildman–Crippen MR) is 87.9 cm³/mol. The van der Waals surface area contributed by atoms with E-state index in [-0.39, 0.29) is 5.78 Å². The minimum atomic E-state index is 0.0633. The van der Waals surface area contributed by atoms with Crippen LogP contribution in [0.1, 0.15) is 17.3 Å². The number of nitrogens with zero attached hydrogens (tertiary/aromatic N) is 1. The van der Waals surface area contributed by atoms with Crippen LogP contribution in [0.5, 0.6) is 0 Å². The summed E-state index contributed by atoms with van der Waals surface area (Å²) < 4.78 is 3.03. The van der Waals surface area contributed by atoms with Gasteiger partial charge in [-0.15, -0.1) is 11.3 Å². The highest BCUT2D eigenvalue weighted by Gasteiger charge is 2.09.